The molecule has 0 amide bonds. The van der Waals surface area contributed by atoms with Gasteiger partial charge in [0.15, 0.2) is 0 Å². The molecule has 14 heavy (non-hydrogen) atoms. The number of nitrogens with zero attached hydrogens (tertiary/aromatic N) is 1. The molecule has 0 radical (unpaired) electrons. The highest BCUT2D eigenvalue weighted by Crippen LogP contribution is 2.54. The van der Waals surface area contributed by atoms with Crippen LogP contribution >= 0.6 is 0 Å². The zero-order valence-electron chi connectivity index (χ0n) is 10.00. The molecule has 1 saturated carbocycles. The number of rotatable bonds is 5. The molecule has 1 heterocycles. The average molecular weight is 195 g/mol. The van der Waals surface area contributed by atoms with Gasteiger partial charge < -0.3 is 4.90 Å². The standard InChI is InChI=1S/C13H25N/c1-4-5-6-7-11-12-8-14(10(2)3)9-13(11)12/h10-13H,4-9H2,1-3H3. The first kappa shape index (κ1) is 10.5. The lowest BCUT2D eigenvalue weighted by Gasteiger charge is -2.23. The first-order valence-electron chi connectivity index (χ1n) is 6.48. The zero-order valence-corrected chi connectivity index (χ0v) is 10.00. The molecule has 0 aromatic heterocycles. The van der Waals surface area contributed by atoms with E-state index < -0.39 is 0 Å². The lowest BCUT2D eigenvalue weighted by Crippen LogP contribution is -2.31. The maximum absolute atomic E-state index is 2.66. The summed E-state index contributed by atoms with van der Waals surface area (Å²) in [6, 6.07) is 0.777. The second-order valence-corrected chi connectivity index (χ2v) is 5.53. The number of likely N-dealkylation sites (tertiary alicyclic amines) is 1. The Bertz CT molecular complexity index is 176. The molecule has 1 aliphatic heterocycles. The average Bonchev–Trinajstić information content (AvgIpc) is 2.62. The van der Waals surface area contributed by atoms with Crippen LogP contribution in [0.5, 0.6) is 0 Å². The van der Waals surface area contributed by atoms with Crippen LogP contribution in [0, 0.1) is 17.8 Å². The van der Waals surface area contributed by atoms with Gasteiger partial charge in [0.1, 0.15) is 0 Å². The highest BCUT2D eigenvalue weighted by molar-refractivity contribution is 5.05. The minimum atomic E-state index is 0.777. The maximum Gasteiger partial charge on any atom is 0.00388 e. The first-order valence-corrected chi connectivity index (χ1v) is 6.48. The van der Waals surface area contributed by atoms with E-state index in [-0.39, 0.29) is 0 Å². The van der Waals surface area contributed by atoms with Crippen LogP contribution in [0.4, 0.5) is 0 Å². The molecule has 1 nitrogen and oxygen atoms in total. The predicted octanol–water partition coefficient (Wildman–Crippen LogP) is 3.15. The van der Waals surface area contributed by atoms with Crippen LogP contribution in [0.25, 0.3) is 0 Å². The monoisotopic (exact) mass is 195 g/mol. The van der Waals surface area contributed by atoms with Crippen molar-refractivity contribution in [2.75, 3.05) is 13.1 Å². The van der Waals surface area contributed by atoms with Crippen LogP contribution in [-0.2, 0) is 0 Å². The van der Waals surface area contributed by atoms with Gasteiger partial charge in [-0.25, -0.2) is 0 Å². The number of hydrogen-bond donors (Lipinski definition) is 0. The van der Waals surface area contributed by atoms with Gasteiger partial charge in [-0.3, -0.25) is 0 Å². The van der Waals surface area contributed by atoms with Gasteiger partial charge in [-0.15, -0.1) is 0 Å². The highest BCUT2D eigenvalue weighted by Gasteiger charge is 2.54. The molecule has 2 rings (SSSR count). The predicted molar refractivity (Wildman–Crippen MR) is 61.3 cm³/mol. The van der Waals surface area contributed by atoms with Crippen molar-refractivity contribution >= 4 is 0 Å². The summed E-state index contributed by atoms with van der Waals surface area (Å²) in [6.07, 6.45) is 5.83. The highest BCUT2D eigenvalue weighted by atomic mass is 15.2. The summed E-state index contributed by atoms with van der Waals surface area (Å²) in [6.45, 7) is 9.76. The van der Waals surface area contributed by atoms with E-state index in [1.807, 2.05) is 0 Å². The SMILES string of the molecule is CCCCCC1C2CN(C(C)C)CC12. The van der Waals surface area contributed by atoms with Crippen molar-refractivity contribution in [2.24, 2.45) is 17.8 Å². The Morgan fingerprint density at radius 2 is 1.79 bits per heavy atom. The Morgan fingerprint density at radius 3 is 2.29 bits per heavy atom. The molecule has 1 saturated heterocycles. The largest absolute Gasteiger partial charge is 0.300 e. The van der Waals surface area contributed by atoms with Crippen molar-refractivity contribution < 1.29 is 0 Å². The van der Waals surface area contributed by atoms with Crippen molar-refractivity contribution in [3.05, 3.63) is 0 Å². The molecule has 2 fully saturated rings. The van der Waals surface area contributed by atoms with Crippen LogP contribution in [0.15, 0.2) is 0 Å². The van der Waals surface area contributed by atoms with Gasteiger partial charge in [-0.1, -0.05) is 26.2 Å². The van der Waals surface area contributed by atoms with Crippen molar-refractivity contribution in [3.8, 4) is 0 Å². The summed E-state index contributed by atoms with van der Waals surface area (Å²) in [5.74, 6) is 3.31. The van der Waals surface area contributed by atoms with Gasteiger partial charge in [0.05, 0.1) is 0 Å². The Kier molecular flexibility index (Phi) is 3.16. The summed E-state index contributed by atoms with van der Waals surface area (Å²) in [5.41, 5.74) is 0. The van der Waals surface area contributed by atoms with E-state index in [1.165, 1.54) is 38.8 Å². The Hall–Kier alpha value is -0.0400. The van der Waals surface area contributed by atoms with Gasteiger partial charge in [0.2, 0.25) is 0 Å². The third-order valence-corrected chi connectivity index (χ3v) is 4.27. The molecule has 2 aliphatic rings. The van der Waals surface area contributed by atoms with Gasteiger partial charge in [-0.2, -0.15) is 0 Å². The molecule has 1 aliphatic carbocycles. The molecule has 2 unspecified atom stereocenters. The van der Waals surface area contributed by atoms with Crippen molar-refractivity contribution in [3.63, 3.8) is 0 Å². The van der Waals surface area contributed by atoms with Crippen LogP contribution in [0.3, 0.4) is 0 Å². The number of fused-ring (bicyclic) bond motifs is 1. The second kappa shape index (κ2) is 4.22. The summed E-state index contributed by atoms with van der Waals surface area (Å²) < 4.78 is 0. The first-order chi connectivity index (χ1) is 6.74. The summed E-state index contributed by atoms with van der Waals surface area (Å²) in [7, 11) is 0. The summed E-state index contributed by atoms with van der Waals surface area (Å²) in [4.78, 5) is 2.66. The molecular formula is C13H25N. The normalized spacial score (nSPS) is 36.4. The molecule has 2 atom stereocenters. The summed E-state index contributed by atoms with van der Waals surface area (Å²) >= 11 is 0. The topological polar surface area (TPSA) is 3.24 Å². The van der Waals surface area contributed by atoms with E-state index in [0.29, 0.717) is 0 Å². The van der Waals surface area contributed by atoms with E-state index in [2.05, 4.69) is 25.7 Å². The van der Waals surface area contributed by atoms with E-state index in [1.54, 1.807) is 0 Å². The number of hydrogen-bond acceptors (Lipinski definition) is 1. The zero-order chi connectivity index (χ0) is 10.1. The van der Waals surface area contributed by atoms with Crippen molar-refractivity contribution in [2.45, 2.75) is 52.5 Å². The molecule has 0 aromatic carbocycles. The Morgan fingerprint density at radius 1 is 1.14 bits per heavy atom. The molecule has 0 aromatic rings. The number of piperidine rings is 1. The quantitative estimate of drug-likeness (QED) is 0.609. The molecule has 0 N–H and O–H groups in total. The molecule has 0 spiro atoms. The van der Waals surface area contributed by atoms with Crippen LogP contribution < -0.4 is 0 Å². The van der Waals surface area contributed by atoms with Gasteiger partial charge >= 0.3 is 0 Å². The fourth-order valence-corrected chi connectivity index (χ4v) is 3.16. The Balaban J connectivity index is 1.65. The van der Waals surface area contributed by atoms with E-state index in [0.717, 1.165) is 23.8 Å². The van der Waals surface area contributed by atoms with E-state index >= 15 is 0 Å². The number of unbranched alkanes of at least 4 members (excludes halogenated alkanes) is 2. The van der Waals surface area contributed by atoms with Crippen molar-refractivity contribution in [1.82, 2.24) is 4.90 Å². The molecular weight excluding hydrogens is 170 g/mol. The second-order valence-electron chi connectivity index (χ2n) is 5.53. The van der Waals surface area contributed by atoms with Gasteiger partial charge in [0, 0.05) is 19.1 Å². The molecule has 1 heteroatoms. The minimum Gasteiger partial charge on any atom is -0.300 e. The van der Waals surface area contributed by atoms with Gasteiger partial charge in [0.25, 0.3) is 0 Å². The maximum atomic E-state index is 2.66. The fourth-order valence-electron chi connectivity index (χ4n) is 3.16. The Labute approximate surface area is 88.9 Å². The molecule has 82 valence electrons. The van der Waals surface area contributed by atoms with Crippen LogP contribution in [0.2, 0.25) is 0 Å². The lowest BCUT2D eigenvalue weighted by atomic mass is 10.1. The van der Waals surface area contributed by atoms with Crippen LogP contribution in [-0.4, -0.2) is 24.0 Å². The molecule has 0 bridgehead atoms. The lowest BCUT2D eigenvalue weighted by molar-refractivity contribution is 0.230. The van der Waals surface area contributed by atoms with E-state index in [9.17, 15) is 0 Å². The fraction of sp³-hybridized carbons (Fsp3) is 1.00. The smallest absolute Gasteiger partial charge is 0.00388 e. The third kappa shape index (κ3) is 1.98. The van der Waals surface area contributed by atoms with Crippen LogP contribution in [0.1, 0.15) is 46.5 Å². The minimum absolute atomic E-state index is 0.777. The third-order valence-electron chi connectivity index (χ3n) is 4.27. The summed E-state index contributed by atoms with van der Waals surface area (Å²) in [5, 5.41) is 0. The van der Waals surface area contributed by atoms with Gasteiger partial charge in [-0.05, 0) is 38.0 Å². The van der Waals surface area contributed by atoms with E-state index in [4.69, 9.17) is 0 Å². The van der Waals surface area contributed by atoms with Crippen molar-refractivity contribution in [1.29, 1.82) is 0 Å².